The maximum Gasteiger partial charge on any atom is 0.163 e. The summed E-state index contributed by atoms with van der Waals surface area (Å²) in [7, 11) is 0. The lowest BCUT2D eigenvalue weighted by atomic mass is 9.69. The van der Waals surface area contributed by atoms with E-state index >= 15 is 0 Å². The minimum Gasteiger partial charge on any atom is -0.508 e. The molecule has 0 spiro atoms. The van der Waals surface area contributed by atoms with Crippen LogP contribution in [0.25, 0.3) is 17.3 Å². The molecule has 3 aromatic rings. The first-order valence-corrected chi connectivity index (χ1v) is 10.8. The molecule has 148 valence electrons. The number of phenolic OH excluding ortho intramolecular Hbond substituents is 1. The first kappa shape index (κ1) is 18.5. The normalized spacial score (nSPS) is 17.8. The molecule has 0 atom stereocenters. The van der Waals surface area contributed by atoms with Gasteiger partial charge >= 0.3 is 0 Å². The van der Waals surface area contributed by atoms with Crippen LogP contribution in [0, 0.1) is 0 Å². The highest BCUT2D eigenvalue weighted by atomic mass is 35.5. The summed E-state index contributed by atoms with van der Waals surface area (Å²) in [6.45, 7) is 0. The van der Waals surface area contributed by atoms with Crippen LogP contribution in [-0.4, -0.2) is 10.3 Å². The SMILES string of the molecule is Oc1ccc2c(c1)CCc1c-2noc1C=CC1(c2ccc(Cl)cc2)CCCCC1. The van der Waals surface area contributed by atoms with E-state index in [9.17, 15) is 5.11 Å². The van der Waals surface area contributed by atoms with Crippen molar-refractivity contribution < 1.29 is 9.63 Å². The van der Waals surface area contributed by atoms with Gasteiger partial charge < -0.3 is 9.63 Å². The van der Waals surface area contributed by atoms with Gasteiger partial charge in [0, 0.05) is 21.6 Å². The fourth-order valence-corrected chi connectivity index (χ4v) is 5.06. The average Bonchev–Trinajstić information content (AvgIpc) is 3.16. The number of aromatic hydroxyl groups is 1. The standard InChI is InChI=1S/C25H24ClNO2/c26-19-7-5-18(6-8-19)25(13-2-1-3-14-25)15-12-23-22-10-4-17-16-20(28)9-11-21(17)24(22)27-29-23/h5-9,11-12,15-16,28H,1-4,10,13-14H2. The predicted molar refractivity (Wildman–Crippen MR) is 116 cm³/mol. The van der Waals surface area contributed by atoms with E-state index in [2.05, 4.69) is 29.4 Å². The summed E-state index contributed by atoms with van der Waals surface area (Å²) in [6.07, 6.45) is 12.3. The zero-order chi connectivity index (χ0) is 19.8. The second kappa shape index (κ2) is 7.38. The number of aryl methyl sites for hydroxylation is 1. The molecule has 1 saturated carbocycles. The summed E-state index contributed by atoms with van der Waals surface area (Å²) in [5.41, 5.74) is 5.63. The predicted octanol–water partition coefficient (Wildman–Crippen LogP) is 6.71. The highest BCUT2D eigenvalue weighted by Gasteiger charge is 2.32. The molecule has 0 aliphatic heterocycles. The number of hydrogen-bond donors (Lipinski definition) is 1. The Morgan fingerprint density at radius 3 is 2.59 bits per heavy atom. The van der Waals surface area contributed by atoms with Crippen LogP contribution >= 0.6 is 11.6 Å². The minimum absolute atomic E-state index is 0.0286. The van der Waals surface area contributed by atoms with Crippen LogP contribution < -0.4 is 0 Å². The van der Waals surface area contributed by atoms with E-state index in [0.29, 0.717) is 5.75 Å². The minimum atomic E-state index is 0.0286. The van der Waals surface area contributed by atoms with Gasteiger partial charge in [-0.2, -0.15) is 0 Å². The van der Waals surface area contributed by atoms with Crippen LogP contribution in [0.15, 0.2) is 53.1 Å². The van der Waals surface area contributed by atoms with Crippen LogP contribution in [0.3, 0.4) is 0 Å². The molecule has 5 rings (SSSR count). The van der Waals surface area contributed by atoms with Gasteiger partial charge in [-0.25, -0.2) is 0 Å². The van der Waals surface area contributed by atoms with E-state index in [0.717, 1.165) is 53.3 Å². The smallest absolute Gasteiger partial charge is 0.163 e. The van der Waals surface area contributed by atoms with Crippen molar-refractivity contribution in [2.45, 2.75) is 50.4 Å². The second-order valence-corrected chi connectivity index (χ2v) is 8.71. The van der Waals surface area contributed by atoms with Gasteiger partial charge in [-0.15, -0.1) is 0 Å². The van der Waals surface area contributed by atoms with Crippen molar-refractivity contribution in [3.63, 3.8) is 0 Å². The number of rotatable bonds is 3. The van der Waals surface area contributed by atoms with E-state index < -0.39 is 0 Å². The number of phenols is 1. The molecule has 0 saturated heterocycles. The monoisotopic (exact) mass is 405 g/mol. The summed E-state index contributed by atoms with van der Waals surface area (Å²) in [5.74, 6) is 1.16. The fraction of sp³-hybridized carbons (Fsp3) is 0.320. The van der Waals surface area contributed by atoms with E-state index in [4.69, 9.17) is 16.1 Å². The van der Waals surface area contributed by atoms with Crippen molar-refractivity contribution in [3.05, 3.63) is 76.0 Å². The molecule has 1 aromatic heterocycles. The number of halogens is 1. The van der Waals surface area contributed by atoms with Gasteiger partial charge in [0.2, 0.25) is 0 Å². The Labute approximate surface area is 176 Å². The molecule has 3 nitrogen and oxygen atoms in total. The summed E-state index contributed by atoms with van der Waals surface area (Å²) in [6, 6.07) is 13.8. The Morgan fingerprint density at radius 2 is 1.79 bits per heavy atom. The zero-order valence-corrected chi connectivity index (χ0v) is 17.1. The fourth-order valence-electron chi connectivity index (χ4n) is 4.93. The summed E-state index contributed by atoms with van der Waals surface area (Å²) in [5, 5.41) is 14.9. The molecule has 0 amide bonds. The molecule has 2 aromatic carbocycles. The van der Waals surface area contributed by atoms with Crippen molar-refractivity contribution in [2.75, 3.05) is 0 Å². The molecule has 0 radical (unpaired) electrons. The van der Waals surface area contributed by atoms with Gasteiger partial charge in [0.05, 0.1) is 0 Å². The number of aromatic nitrogens is 1. The molecular formula is C25H24ClNO2. The summed E-state index contributed by atoms with van der Waals surface area (Å²) >= 11 is 6.13. The van der Waals surface area contributed by atoms with Gasteiger partial charge in [-0.1, -0.05) is 54.2 Å². The number of allylic oxidation sites excluding steroid dienone is 1. The Hall–Kier alpha value is -2.52. The van der Waals surface area contributed by atoms with Crippen LogP contribution in [0.5, 0.6) is 5.75 Å². The van der Waals surface area contributed by atoms with Gasteiger partial charge in [-0.05, 0) is 73.2 Å². The highest BCUT2D eigenvalue weighted by Crippen LogP contribution is 2.42. The lowest BCUT2D eigenvalue weighted by molar-refractivity contribution is 0.357. The molecule has 29 heavy (non-hydrogen) atoms. The van der Waals surface area contributed by atoms with Crippen LogP contribution in [0.2, 0.25) is 5.02 Å². The zero-order valence-electron chi connectivity index (χ0n) is 16.3. The van der Waals surface area contributed by atoms with Gasteiger partial charge in [0.1, 0.15) is 11.4 Å². The third-order valence-electron chi connectivity index (χ3n) is 6.53. The third-order valence-corrected chi connectivity index (χ3v) is 6.78. The Morgan fingerprint density at radius 1 is 1.00 bits per heavy atom. The maximum absolute atomic E-state index is 9.76. The Bertz CT molecular complexity index is 1060. The first-order valence-electron chi connectivity index (χ1n) is 10.4. The molecule has 0 bridgehead atoms. The van der Waals surface area contributed by atoms with E-state index in [1.807, 2.05) is 24.3 Å². The Kier molecular flexibility index (Phi) is 4.71. The molecule has 4 heteroatoms. The van der Waals surface area contributed by atoms with E-state index in [1.54, 1.807) is 6.07 Å². The topological polar surface area (TPSA) is 46.3 Å². The molecule has 1 N–H and O–H groups in total. The summed E-state index contributed by atoms with van der Waals surface area (Å²) in [4.78, 5) is 0. The lowest BCUT2D eigenvalue weighted by Gasteiger charge is -2.35. The van der Waals surface area contributed by atoms with Crippen molar-refractivity contribution in [2.24, 2.45) is 0 Å². The Balaban J connectivity index is 1.51. The molecular weight excluding hydrogens is 382 g/mol. The number of fused-ring (bicyclic) bond motifs is 3. The first-order chi connectivity index (χ1) is 14.1. The number of hydrogen-bond acceptors (Lipinski definition) is 3. The van der Waals surface area contributed by atoms with Gasteiger partial charge in [-0.3, -0.25) is 0 Å². The van der Waals surface area contributed by atoms with Crippen molar-refractivity contribution in [1.82, 2.24) is 5.16 Å². The molecule has 1 fully saturated rings. The molecule has 2 aliphatic carbocycles. The number of benzene rings is 2. The maximum atomic E-state index is 9.76. The molecule has 2 aliphatic rings. The van der Waals surface area contributed by atoms with Crippen LogP contribution in [0.1, 0.15) is 54.6 Å². The van der Waals surface area contributed by atoms with Gasteiger partial charge in [0.25, 0.3) is 0 Å². The van der Waals surface area contributed by atoms with Crippen LogP contribution in [0.4, 0.5) is 0 Å². The lowest BCUT2D eigenvalue weighted by Crippen LogP contribution is -2.26. The highest BCUT2D eigenvalue weighted by molar-refractivity contribution is 6.30. The quantitative estimate of drug-likeness (QED) is 0.526. The van der Waals surface area contributed by atoms with Crippen molar-refractivity contribution in [1.29, 1.82) is 0 Å². The van der Waals surface area contributed by atoms with E-state index in [1.165, 1.54) is 30.4 Å². The van der Waals surface area contributed by atoms with E-state index in [-0.39, 0.29) is 5.41 Å². The van der Waals surface area contributed by atoms with Crippen molar-refractivity contribution in [3.8, 4) is 17.0 Å². The average molecular weight is 406 g/mol. The molecule has 0 unspecified atom stereocenters. The largest absolute Gasteiger partial charge is 0.508 e. The van der Waals surface area contributed by atoms with Gasteiger partial charge in [0.15, 0.2) is 5.76 Å². The number of nitrogens with zero attached hydrogens (tertiary/aromatic N) is 1. The second-order valence-electron chi connectivity index (χ2n) is 8.27. The summed E-state index contributed by atoms with van der Waals surface area (Å²) < 4.78 is 5.78. The molecule has 1 heterocycles. The van der Waals surface area contributed by atoms with Crippen LogP contribution in [-0.2, 0) is 18.3 Å². The van der Waals surface area contributed by atoms with Crippen molar-refractivity contribution >= 4 is 17.7 Å². The third kappa shape index (κ3) is 3.38.